The van der Waals surface area contributed by atoms with Gasteiger partial charge >= 0.3 is 5.97 Å². The fraction of sp³-hybridized carbons (Fsp3) is 0.704. The van der Waals surface area contributed by atoms with Gasteiger partial charge in [-0.2, -0.15) is 0 Å². The average molecular weight is 454 g/mol. The lowest BCUT2D eigenvalue weighted by molar-refractivity contribution is -0.168. The molecule has 2 unspecified atom stereocenters. The number of rotatable bonds is 5. The van der Waals surface area contributed by atoms with Crippen LogP contribution in [-0.2, 0) is 9.59 Å². The molecular formula is C27H39N3O3. The highest BCUT2D eigenvalue weighted by molar-refractivity contribution is 5.86. The highest BCUT2D eigenvalue weighted by Crippen LogP contribution is 2.60. The number of carboxylic acid groups (broad SMARTS) is 1. The third-order valence-electron chi connectivity index (χ3n) is 9.23. The zero-order valence-electron chi connectivity index (χ0n) is 20.3. The van der Waals surface area contributed by atoms with Gasteiger partial charge in [0.15, 0.2) is 0 Å². The van der Waals surface area contributed by atoms with Crippen molar-refractivity contribution < 1.29 is 14.7 Å². The van der Waals surface area contributed by atoms with Gasteiger partial charge in [-0.25, -0.2) is 0 Å². The molecule has 1 heterocycles. The number of aryl methyl sites for hydroxylation is 1. The SMILES string of the molecule is Cc1cccc(N2CCCN(C(C)(C)C(=O)NC3C4CC5CC3CC(C(=O)O)(C5)C4)CC2)c1. The zero-order chi connectivity index (χ0) is 23.4. The predicted molar refractivity (Wildman–Crippen MR) is 129 cm³/mol. The van der Waals surface area contributed by atoms with E-state index in [1.807, 2.05) is 0 Å². The summed E-state index contributed by atoms with van der Waals surface area (Å²) in [6.07, 6.45) is 5.48. The van der Waals surface area contributed by atoms with Crippen LogP contribution >= 0.6 is 0 Å². The Balaban J connectivity index is 1.24. The van der Waals surface area contributed by atoms with Gasteiger partial charge in [-0.3, -0.25) is 14.5 Å². The Bertz CT molecular complexity index is 913. The van der Waals surface area contributed by atoms with Crippen molar-refractivity contribution in [2.45, 2.75) is 70.9 Å². The van der Waals surface area contributed by atoms with Crippen molar-refractivity contribution in [3.05, 3.63) is 29.8 Å². The van der Waals surface area contributed by atoms with E-state index in [-0.39, 0.29) is 11.9 Å². The van der Waals surface area contributed by atoms with E-state index < -0.39 is 16.9 Å². The molecule has 0 radical (unpaired) electrons. The Morgan fingerprint density at radius 1 is 1.06 bits per heavy atom. The molecule has 6 rings (SSSR count). The summed E-state index contributed by atoms with van der Waals surface area (Å²) in [4.78, 5) is 30.4. The maximum absolute atomic E-state index is 13.6. The topological polar surface area (TPSA) is 72.9 Å². The Labute approximate surface area is 197 Å². The predicted octanol–water partition coefficient (Wildman–Crippen LogP) is 3.68. The lowest BCUT2D eigenvalue weighted by Gasteiger charge is -2.58. The van der Waals surface area contributed by atoms with Crippen LogP contribution in [0.4, 0.5) is 5.69 Å². The van der Waals surface area contributed by atoms with E-state index in [0.717, 1.165) is 64.7 Å². The van der Waals surface area contributed by atoms with E-state index in [1.165, 1.54) is 11.3 Å². The van der Waals surface area contributed by atoms with Gasteiger partial charge in [0.1, 0.15) is 0 Å². The van der Waals surface area contributed by atoms with Crippen LogP contribution in [0.15, 0.2) is 24.3 Å². The lowest BCUT2D eigenvalue weighted by atomic mass is 9.48. The summed E-state index contributed by atoms with van der Waals surface area (Å²) in [6.45, 7) is 9.92. The van der Waals surface area contributed by atoms with Crippen molar-refractivity contribution in [3.8, 4) is 0 Å². The first-order chi connectivity index (χ1) is 15.7. The Kier molecular flexibility index (Phi) is 5.71. The van der Waals surface area contributed by atoms with Gasteiger partial charge in [0, 0.05) is 37.9 Å². The first kappa shape index (κ1) is 22.7. The monoisotopic (exact) mass is 453 g/mol. The van der Waals surface area contributed by atoms with E-state index in [4.69, 9.17) is 0 Å². The van der Waals surface area contributed by atoms with E-state index in [0.29, 0.717) is 17.8 Å². The molecule has 5 fully saturated rings. The van der Waals surface area contributed by atoms with Crippen molar-refractivity contribution >= 4 is 17.6 Å². The second-order valence-corrected chi connectivity index (χ2v) is 11.8. The van der Waals surface area contributed by atoms with E-state index in [9.17, 15) is 14.7 Å². The normalized spacial score (nSPS) is 34.2. The van der Waals surface area contributed by atoms with E-state index in [2.05, 4.69) is 60.2 Å². The number of nitrogens with one attached hydrogen (secondary N) is 1. The summed E-state index contributed by atoms with van der Waals surface area (Å²) in [5, 5.41) is 13.3. The molecule has 1 aromatic rings. The number of nitrogens with zero attached hydrogens (tertiary/aromatic N) is 2. The molecule has 33 heavy (non-hydrogen) atoms. The number of carbonyl (C=O) groups excluding carboxylic acids is 1. The maximum atomic E-state index is 13.6. The molecule has 4 saturated carbocycles. The molecule has 1 saturated heterocycles. The highest BCUT2D eigenvalue weighted by Gasteiger charge is 2.59. The summed E-state index contributed by atoms with van der Waals surface area (Å²) in [6, 6.07) is 8.80. The molecule has 1 aromatic carbocycles. The van der Waals surface area contributed by atoms with Crippen LogP contribution in [0.2, 0.25) is 0 Å². The van der Waals surface area contributed by atoms with E-state index in [1.54, 1.807) is 0 Å². The number of carboxylic acids is 1. The standard InChI is InChI=1S/C27H39N3O3/c1-18-6-4-7-22(12-18)29-8-5-9-30(11-10-29)26(2,3)24(31)28-23-20-13-19-14-21(23)17-27(15-19,16-20)25(32)33/h4,6-7,12,19-21,23H,5,8-11,13-17H2,1-3H3,(H,28,31)(H,32,33). The van der Waals surface area contributed by atoms with Crippen molar-refractivity contribution in [1.82, 2.24) is 10.2 Å². The number of benzene rings is 1. The molecule has 5 aliphatic rings. The number of amides is 1. The molecule has 6 heteroatoms. The van der Waals surface area contributed by atoms with E-state index >= 15 is 0 Å². The molecule has 0 aromatic heterocycles. The Morgan fingerprint density at radius 2 is 1.79 bits per heavy atom. The van der Waals surface area contributed by atoms with Gasteiger partial charge in [0.25, 0.3) is 0 Å². The molecule has 6 nitrogen and oxygen atoms in total. The summed E-state index contributed by atoms with van der Waals surface area (Å²) in [5.74, 6) is 0.641. The number of hydrogen-bond donors (Lipinski definition) is 2. The molecule has 1 amide bonds. The molecule has 4 bridgehead atoms. The van der Waals surface area contributed by atoms with Gasteiger partial charge in [0.2, 0.25) is 5.91 Å². The van der Waals surface area contributed by atoms with Crippen molar-refractivity contribution in [2.24, 2.45) is 23.2 Å². The van der Waals surface area contributed by atoms with Gasteiger partial charge in [-0.1, -0.05) is 12.1 Å². The van der Waals surface area contributed by atoms with Crippen LogP contribution in [0.1, 0.15) is 57.9 Å². The van der Waals surface area contributed by atoms with Gasteiger partial charge in [-0.15, -0.1) is 0 Å². The molecule has 2 atom stereocenters. The maximum Gasteiger partial charge on any atom is 0.309 e. The molecule has 4 aliphatic carbocycles. The number of anilines is 1. The minimum atomic E-state index is -0.616. The number of hydrogen-bond acceptors (Lipinski definition) is 4. The second-order valence-electron chi connectivity index (χ2n) is 11.8. The molecular weight excluding hydrogens is 414 g/mol. The third kappa shape index (κ3) is 4.05. The van der Waals surface area contributed by atoms with Gasteiger partial charge in [0.05, 0.1) is 11.0 Å². The largest absolute Gasteiger partial charge is 0.481 e. The minimum Gasteiger partial charge on any atom is -0.481 e. The smallest absolute Gasteiger partial charge is 0.309 e. The van der Waals surface area contributed by atoms with Crippen LogP contribution < -0.4 is 10.2 Å². The lowest BCUT2D eigenvalue weighted by Crippen LogP contribution is -2.64. The number of aliphatic carboxylic acids is 1. The number of carbonyl (C=O) groups is 2. The van der Waals surface area contributed by atoms with Crippen LogP contribution in [0, 0.1) is 30.1 Å². The van der Waals surface area contributed by atoms with Crippen LogP contribution in [0.25, 0.3) is 0 Å². The zero-order valence-corrected chi connectivity index (χ0v) is 20.3. The van der Waals surface area contributed by atoms with Gasteiger partial charge in [-0.05, 0) is 94.7 Å². The molecule has 0 spiro atoms. The van der Waals surface area contributed by atoms with Crippen LogP contribution in [0.5, 0.6) is 0 Å². The highest BCUT2D eigenvalue weighted by atomic mass is 16.4. The average Bonchev–Trinajstić information content (AvgIpc) is 3.02. The minimum absolute atomic E-state index is 0.105. The second kappa shape index (κ2) is 8.30. The summed E-state index contributed by atoms with van der Waals surface area (Å²) >= 11 is 0. The first-order valence-corrected chi connectivity index (χ1v) is 12.8. The quantitative estimate of drug-likeness (QED) is 0.712. The fourth-order valence-corrected chi connectivity index (χ4v) is 7.55. The summed E-state index contributed by atoms with van der Waals surface area (Å²) in [7, 11) is 0. The molecule has 180 valence electrons. The van der Waals surface area contributed by atoms with Crippen molar-refractivity contribution in [1.29, 1.82) is 0 Å². The van der Waals surface area contributed by atoms with Crippen LogP contribution in [0.3, 0.4) is 0 Å². The summed E-state index contributed by atoms with van der Waals surface area (Å²) in [5.41, 5.74) is 1.42. The third-order valence-corrected chi connectivity index (χ3v) is 9.23. The first-order valence-electron chi connectivity index (χ1n) is 12.8. The fourth-order valence-electron chi connectivity index (χ4n) is 7.55. The van der Waals surface area contributed by atoms with Gasteiger partial charge < -0.3 is 15.3 Å². The van der Waals surface area contributed by atoms with Crippen molar-refractivity contribution in [3.63, 3.8) is 0 Å². The van der Waals surface area contributed by atoms with Crippen LogP contribution in [-0.4, -0.2) is 59.6 Å². The molecule has 1 aliphatic heterocycles. The Morgan fingerprint density at radius 3 is 2.45 bits per heavy atom. The van der Waals surface area contributed by atoms with Crippen molar-refractivity contribution in [2.75, 3.05) is 31.1 Å². The Hall–Kier alpha value is -2.08. The molecule has 2 N–H and O–H groups in total. The summed E-state index contributed by atoms with van der Waals surface area (Å²) < 4.78 is 0.